The van der Waals surface area contributed by atoms with Crippen LogP contribution in [-0.4, -0.2) is 47.1 Å². The highest BCUT2D eigenvalue weighted by molar-refractivity contribution is 7.16. The van der Waals surface area contributed by atoms with Crippen LogP contribution in [0.2, 0.25) is 5.15 Å². The largest absolute Gasteiger partial charge is 0.481 e. The summed E-state index contributed by atoms with van der Waals surface area (Å²) in [4.78, 5) is 21.8. The topological polar surface area (TPSA) is 56.7 Å². The highest BCUT2D eigenvalue weighted by atomic mass is 35.5. The Hall–Kier alpha value is -0.850. The van der Waals surface area contributed by atoms with Gasteiger partial charge in [0.05, 0.1) is 10.3 Å². The van der Waals surface area contributed by atoms with E-state index in [0.717, 1.165) is 42.5 Å². The van der Waals surface area contributed by atoms with Crippen LogP contribution in [0, 0.1) is 5.41 Å². The van der Waals surface area contributed by atoms with Gasteiger partial charge in [0.25, 0.3) is 0 Å². The lowest BCUT2D eigenvalue weighted by Crippen LogP contribution is -2.47. The van der Waals surface area contributed by atoms with E-state index in [1.807, 2.05) is 6.92 Å². The lowest BCUT2D eigenvalue weighted by atomic mass is 9.77. The number of carboxylic acid groups (broad SMARTS) is 1. The number of likely N-dealkylation sites (tertiary alicyclic amines) is 1. The molecule has 2 saturated heterocycles. The van der Waals surface area contributed by atoms with Crippen LogP contribution >= 0.6 is 22.9 Å². The van der Waals surface area contributed by atoms with Crippen LogP contribution in [0.5, 0.6) is 0 Å². The number of carbonyl (C=O) groups is 1. The molecule has 0 radical (unpaired) electrons. The highest BCUT2D eigenvalue weighted by Gasteiger charge is 2.40. The number of hydrogen-bond acceptors (Lipinski definition) is 5. The van der Waals surface area contributed by atoms with E-state index in [0.29, 0.717) is 24.7 Å². The number of carboxylic acids is 1. The van der Waals surface area contributed by atoms with Crippen molar-refractivity contribution in [3.8, 4) is 0 Å². The van der Waals surface area contributed by atoms with E-state index in [1.54, 1.807) is 11.3 Å². The molecule has 0 spiro atoms. The molecule has 0 bridgehead atoms. The second-order valence-electron chi connectivity index (χ2n) is 6.66. The van der Waals surface area contributed by atoms with Crippen molar-refractivity contribution >= 4 is 34.0 Å². The van der Waals surface area contributed by atoms with Crippen LogP contribution in [0.4, 0.5) is 5.13 Å². The average Bonchev–Trinajstić information content (AvgIpc) is 3.18. The zero-order valence-electron chi connectivity index (χ0n) is 13.6. The molecule has 1 aromatic heterocycles. The Morgan fingerprint density at radius 1 is 1.35 bits per heavy atom. The third-order valence-electron chi connectivity index (χ3n) is 5.17. The maximum Gasteiger partial charge on any atom is 0.310 e. The van der Waals surface area contributed by atoms with Gasteiger partial charge in [-0.05, 0) is 38.6 Å². The van der Waals surface area contributed by atoms with Crippen molar-refractivity contribution in [2.45, 2.75) is 45.6 Å². The molecule has 7 heteroatoms. The molecule has 2 fully saturated rings. The Morgan fingerprint density at radius 3 is 2.74 bits per heavy atom. The number of piperidine rings is 1. The second-order valence-corrected chi connectivity index (χ2v) is 8.08. The molecule has 1 aromatic rings. The first-order valence-electron chi connectivity index (χ1n) is 8.40. The van der Waals surface area contributed by atoms with Crippen molar-refractivity contribution in [1.82, 2.24) is 9.88 Å². The molecule has 0 saturated carbocycles. The molecule has 1 N–H and O–H groups in total. The summed E-state index contributed by atoms with van der Waals surface area (Å²) in [6, 6.07) is 0. The number of nitrogens with zero attached hydrogens (tertiary/aromatic N) is 3. The molecule has 23 heavy (non-hydrogen) atoms. The van der Waals surface area contributed by atoms with Gasteiger partial charge in [-0.25, -0.2) is 4.98 Å². The van der Waals surface area contributed by atoms with Crippen molar-refractivity contribution < 1.29 is 9.90 Å². The monoisotopic (exact) mass is 357 g/mol. The van der Waals surface area contributed by atoms with Crippen LogP contribution < -0.4 is 4.90 Å². The minimum Gasteiger partial charge on any atom is -0.481 e. The smallest absolute Gasteiger partial charge is 0.310 e. The number of aromatic nitrogens is 1. The third kappa shape index (κ3) is 3.49. The van der Waals surface area contributed by atoms with Crippen molar-refractivity contribution in [1.29, 1.82) is 0 Å². The summed E-state index contributed by atoms with van der Waals surface area (Å²) in [6.45, 7) is 6.34. The van der Waals surface area contributed by atoms with Gasteiger partial charge in [-0.15, -0.1) is 0 Å². The zero-order valence-corrected chi connectivity index (χ0v) is 15.1. The highest BCUT2D eigenvalue weighted by Crippen LogP contribution is 2.37. The predicted molar refractivity (Wildman–Crippen MR) is 93.4 cm³/mol. The summed E-state index contributed by atoms with van der Waals surface area (Å²) in [7, 11) is 0. The first-order valence-corrected chi connectivity index (χ1v) is 9.59. The van der Waals surface area contributed by atoms with Gasteiger partial charge in [-0.1, -0.05) is 29.9 Å². The summed E-state index contributed by atoms with van der Waals surface area (Å²) in [5.74, 6) is -0.669. The quantitative estimate of drug-likeness (QED) is 0.874. The lowest BCUT2D eigenvalue weighted by molar-refractivity contribution is -0.153. The van der Waals surface area contributed by atoms with Crippen LogP contribution in [0.15, 0.2) is 0 Å². The van der Waals surface area contributed by atoms with Gasteiger partial charge in [0.1, 0.15) is 5.15 Å². The van der Waals surface area contributed by atoms with E-state index < -0.39 is 11.4 Å². The minimum absolute atomic E-state index is 0.583. The van der Waals surface area contributed by atoms with Crippen molar-refractivity contribution in [3.05, 3.63) is 10.0 Å². The molecule has 2 aliphatic heterocycles. The summed E-state index contributed by atoms with van der Waals surface area (Å²) >= 11 is 8.00. The van der Waals surface area contributed by atoms with Crippen LogP contribution in [-0.2, 0) is 11.3 Å². The molecule has 5 nitrogen and oxygen atoms in total. The molecule has 3 heterocycles. The fourth-order valence-corrected chi connectivity index (χ4v) is 4.99. The zero-order chi connectivity index (χ0) is 16.4. The van der Waals surface area contributed by atoms with E-state index in [2.05, 4.69) is 14.8 Å². The molecular formula is C16H24ClN3O2S. The van der Waals surface area contributed by atoms with Gasteiger partial charge in [-0.3, -0.25) is 9.69 Å². The Kier molecular flexibility index (Phi) is 5.13. The van der Waals surface area contributed by atoms with E-state index in [-0.39, 0.29) is 0 Å². The van der Waals surface area contributed by atoms with E-state index in [1.165, 1.54) is 12.8 Å². The maximum atomic E-state index is 11.7. The number of aliphatic carboxylic acids is 1. The van der Waals surface area contributed by atoms with Gasteiger partial charge in [-0.2, -0.15) is 0 Å². The SMILES string of the molecule is CC[C@]1(C(=O)O)CCCN(Cc2sc(N3CCCC3)nc2Cl)C1. The second kappa shape index (κ2) is 6.95. The standard InChI is InChI=1S/C16H24ClN3O2S/c1-2-16(14(21)22)6-5-7-19(11-16)10-12-13(17)18-15(23-12)20-8-3-4-9-20/h2-11H2,1H3,(H,21,22)/t16-/m0/s1. The van der Waals surface area contributed by atoms with Gasteiger partial charge in [0.2, 0.25) is 0 Å². The molecule has 0 amide bonds. The molecule has 128 valence electrons. The van der Waals surface area contributed by atoms with E-state index in [9.17, 15) is 9.90 Å². The van der Waals surface area contributed by atoms with Crippen molar-refractivity contribution in [2.24, 2.45) is 5.41 Å². The predicted octanol–water partition coefficient (Wildman–Crippen LogP) is 3.47. The fraction of sp³-hybridized carbons (Fsp3) is 0.750. The third-order valence-corrected chi connectivity index (χ3v) is 6.69. The summed E-state index contributed by atoms with van der Waals surface area (Å²) in [6.07, 6.45) is 4.81. The van der Waals surface area contributed by atoms with Crippen molar-refractivity contribution in [3.63, 3.8) is 0 Å². The summed E-state index contributed by atoms with van der Waals surface area (Å²) < 4.78 is 0. The van der Waals surface area contributed by atoms with Crippen LogP contribution in [0.3, 0.4) is 0 Å². The van der Waals surface area contributed by atoms with Gasteiger partial charge >= 0.3 is 5.97 Å². The maximum absolute atomic E-state index is 11.7. The molecule has 0 aromatic carbocycles. The fourth-order valence-electron chi connectivity index (χ4n) is 3.64. The van der Waals surface area contributed by atoms with Gasteiger partial charge in [0, 0.05) is 26.2 Å². The number of rotatable bonds is 5. The van der Waals surface area contributed by atoms with Gasteiger partial charge < -0.3 is 10.0 Å². The first-order chi connectivity index (χ1) is 11.0. The molecule has 3 rings (SSSR count). The van der Waals surface area contributed by atoms with E-state index >= 15 is 0 Å². The molecule has 2 aliphatic rings. The van der Waals surface area contributed by atoms with E-state index in [4.69, 9.17) is 11.6 Å². The minimum atomic E-state index is -0.669. The number of thiazole rings is 1. The molecule has 0 unspecified atom stereocenters. The average molecular weight is 358 g/mol. The Labute approximate surface area is 146 Å². The van der Waals surface area contributed by atoms with Crippen LogP contribution in [0.1, 0.15) is 43.9 Å². The molecule has 1 atom stereocenters. The molecule has 0 aliphatic carbocycles. The van der Waals surface area contributed by atoms with Crippen LogP contribution in [0.25, 0.3) is 0 Å². The summed E-state index contributed by atoms with van der Waals surface area (Å²) in [5.41, 5.74) is -0.604. The number of hydrogen-bond donors (Lipinski definition) is 1. The Bertz CT molecular complexity index is 574. The molecular weight excluding hydrogens is 334 g/mol. The number of halogens is 1. The number of anilines is 1. The van der Waals surface area contributed by atoms with Gasteiger partial charge in [0.15, 0.2) is 5.13 Å². The Balaban J connectivity index is 1.70. The Morgan fingerprint density at radius 2 is 2.09 bits per heavy atom. The normalized spacial score (nSPS) is 25.9. The van der Waals surface area contributed by atoms with Crippen molar-refractivity contribution in [2.75, 3.05) is 31.1 Å². The first kappa shape index (κ1) is 17.0. The summed E-state index contributed by atoms with van der Waals surface area (Å²) in [5, 5.41) is 11.2. The lowest BCUT2D eigenvalue weighted by Gasteiger charge is -2.39.